The lowest BCUT2D eigenvalue weighted by Gasteiger charge is -2.28. The lowest BCUT2D eigenvalue weighted by molar-refractivity contribution is -0.542. The molecule has 1 aliphatic rings. The van der Waals surface area contributed by atoms with E-state index in [2.05, 4.69) is 0 Å². The Kier molecular flexibility index (Phi) is 4.92. The number of ether oxygens (including phenoxy) is 2. The lowest BCUT2D eigenvalue weighted by Crippen LogP contribution is -2.49. The van der Waals surface area contributed by atoms with Crippen LogP contribution in [0.4, 0.5) is 4.79 Å². The van der Waals surface area contributed by atoms with E-state index in [0.717, 1.165) is 12.2 Å². The Morgan fingerprint density at radius 2 is 2.26 bits per heavy atom. The van der Waals surface area contributed by atoms with Crippen LogP contribution in [0.25, 0.3) is 0 Å². The van der Waals surface area contributed by atoms with Gasteiger partial charge < -0.3 is 14.6 Å². The average molecular weight is 290 g/mol. The first-order chi connectivity index (χ1) is 8.78. The summed E-state index contributed by atoms with van der Waals surface area (Å²) in [6, 6.07) is -1.59. The number of nitro groups is 1. The van der Waals surface area contributed by atoms with Gasteiger partial charge >= 0.3 is 11.1 Å². The third kappa shape index (κ3) is 3.94. The van der Waals surface area contributed by atoms with Gasteiger partial charge in [-0.3, -0.25) is 10.1 Å². The van der Waals surface area contributed by atoms with Crippen LogP contribution >= 0.6 is 11.9 Å². The van der Waals surface area contributed by atoms with E-state index in [1.807, 2.05) is 0 Å². The predicted molar refractivity (Wildman–Crippen MR) is 67.7 cm³/mol. The van der Waals surface area contributed by atoms with Crippen molar-refractivity contribution in [1.29, 1.82) is 0 Å². The molecule has 1 N–H and O–H groups in total. The summed E-state index contributed by atoms with van der Waals surface area (Å²) >= 11 is 0.665. The maximum Gasteiger partial charge on any atom is 0.385 e. The Morgan fingerprint density at radius 3 is 2.74 bits per heavy atom. The van der Waals surface area contributed by atoms with E-state index in [9.17, 15) is 20.0 Å². The maximum absolute atomic E-state index is 11.5. The topological polar surface area (TPSA) is 102 Å². The number of nitrogens with zero attached hydrogens (tertiary/aromatic N) is 2. The van der Waals surface area contributed by atoms with Crippen LogP contribution in [0.2, 0.25) is 0 Å². The van der Waals surface area contributed by atoms with E-state index in [0.29, 0.717) is 11.9 Å². The van der Waals surface area contributed by atoms with Crippen LogP contribution in [0, 0.1) is 10.1 Å². The van der Waals surface area contributed by atoms with Crippen LogP contribution in [-0.2, 0) is 9.47 Å². The zero-order valence-corrected chi connectivity index (χ0v) is 11.4. The van der Waals surface area contributed by atoms with Crippen LogP contribution in [0.15, 0.2) is 24.0 Å². The molecule has 0 aliphatic heterocycles. The van der Waals surface area contributed by atoms with Gasteiger partial charge in [0.05, 0.1) is 7.11 Å². The molecule has 0 bridgehead atoms. The molecule has 0 fully saturated rings. The fraction of sp³-hybridized carbons (Fsp3) is 0.500. The standard InChI is InChI=1S/C10H14N2O6S/c1-11(2)19-9(13)18-10(14)6-7(17-3)4-5-8(10)12(15)16/h4-6,8,14H,1-3H3. The molecule has 2 atom stereocenters. The van der Waals surface area contributed by atoms with Gasteiger partial charge in [0.25, 0.3) is 6.04 Å². The highest BCUT2D eigenvalue weighted by Crippen LogP contribution is 2.28. The Morgan fingerprint density at radius 1 is 1.63 bits per heavy atom. The number of aliphatic hydroxyl groups is 1. The number of hydrogen-bond acceptors (Lipinski definition) is 8. The molecule has 0 aromatic rings. The Labute approximate surface area is 113 Å². The summed E-state index contributed by atoms with van der Waals surface area (Å²) < 4.78 is 11.1. The van der Waals surface area contributed by atoms with Crippen molar-refractivity contribution in [3.63, 3.8) is 0 Å². The van der Waals surface area contributed by atoms with Crippen LogP contribution in [0.5, 0.6) is 0 Å². The molecular weight excluding hydrogens is 276 g/mol. The third-order valence-electron chi connectivity index (χ3n) is 2.18. The largest absolute Gasteiger partial charge is 0.497 e. The van der Waals surface area contributed by atoms with E-state index in [4.69, 9.17) is 9.47 Å². The fourth-order valence-electron chi connectivity index (χ4n) is 1.40. The molecular formula is C10H14N2O6S. The number of methoxy groups -OCH3 is 1. The Hall–Kier alpha value is -1.58. The highest BCUT2D eigenvalue weighted by Gasteiger charge is 2.48. The van der Waals surface area contributed by atoms with Crippen molar-refractivity contribution < 1.29 is 24.3 Å². The summed E-state index contributed by atoms with van der Waals surface area (Å²) in [5, 5.41) is 20.2. The highest BCUT2D eigenvalue weighted by molar-refractivity contribution is 8.11. The van der Waals surface area contributed by atoms with E-state index < -0.39 is 22.1 Å². The van der Waals surface area contributed by atoms with Gasteiger partial charge in [-0.2, -0.15) is 0 Å². The van der Waals surface area contributed by atoms with Crippen LogP contribution in [-0.4, -0.2) is 52.7 Å². The van der Waals surface area contributed by atoms with Crippen molar-refractivity contribution in [2.45, 2.75) is 11.8 Å². The van der Waals surface area contributed by atoms with Crippen molar-refractivity contribution in [1.82, 2.24) is 4.31 Å². The number of hydrogen-bond donors (Lipinski definition) is 1. The molecule has 0 radical (unpaired) electrons. The second-order valence-electron chi connectivity index (χ2n) is 3.85. The van der Waals surface area contributed by atoms with Gasteiger partial charge in [-0.05, 0) is 26.2 Å². The lowest BCUT2D eigenvalue weighted by atomic mass is 10.0. The number of rotatable bonds is 4. The number of carbonyl (C=O) groups is 1. The number of carbonyl (C=O) groups excluding carboxylic acids is 1. The molecule has 0 aromatic carbocycles. The SMILES string of the molecule is COC1=CC(O)(OC(=O)SN(C)C)C([N+](=O)[O-])C=C1. The van der Waals surface area contributed by atoms with Gasteiger partial charge in [0.15, 0.2) is 0 Å². The van der Waals surface area contributed by atoms with Crippen molar-refractivity contribution in [3.8, 4) is 0 Å². The van der Waals surface area contributed by atoms with Crippen molar-refractivity contribution in [2.75, 3.05) is 21.2 Å². The van der Waals surface area contributed by atoms with Gasteiger partial charge in [0, 0.05) is 22.9 Å². The van der Waals surface area contributed by atoms with E-state index in [1.54, 1.807) is 14.1 Å². The smallest absolute Gasteiger partial charge is 0.385 e. The zero-order valence-electron chi connectivity index (χ0n) is 10.6. The Balaban J connectivity index is 2.95. The Bertz CT molecular complexity index is 436. The van der Waals surface area contributed by atoms with Gasteiger partial charge in [0.2, 0.25) is 0 Å². The zero-order chi connectivity index (χ0) is 14.6. The summed E-state index contributed by atoms with van der Waals surface area (Å²) in [7, 11) is 4.52. The van der Waals surface area contributed by atoms with Gasteiger partial charge in [0.1, 0.15) is 5.76 Å². The van der Waals surface area contributed by atoms with Gasteiger partial charge in [-0.1, -0.05) is 0 Å². The van der Waals surface area contributed by atoms with Crippen molar-refractivity contribution in [2.24, 2.45) is 0 Å². The van der Waals surface area contributed by atoms with Crippen LogP contribution in [0.1, 0.15) is 0 Å². The second-order valence-corrected chi connectivity index (χ2v) is 5.09. The molecule has 8 nitrogen and oxygen atoms in total. The summed E-state index contributed by atoms with van der Waals surface area (Å²) in [6.45, 7) is 0. The maximum atomic E-state index is 11.5. The minimum atomic E-state index is -2.37. The minimum Gasteiger partial charge on any atom is -0.497 e. The molecule has 0 amide bonds. The molecule has 1 rings (SSSR count). The summed E-state index contributed by atoms with van der Waals surface area (Å²) in [5.41, 5.74) is 0. The highest BCUT2D eigenvalue weighted by atomic mass is 32.2. The van der Waals surface area contributed by atoms with Crippen molar-refractivity contribution in [3.05, 3.63) is 34.1 Å². The molecule has 2 unspecified atom stereocenters. The first-order valence-electron chi connectivity index (χ1n) is 5.17. The van der Waals surface area contributed by atoms with Crippen LogP contribution in [0.3, 0.4) is 0 Å². The van der Waals surface area contributed by atoms with E-state index in [1.165, 1.54) is 17.5 Å². The molecule has 0 heterocycles. The quantitative estimate of drug-likeness (QED) is 0.266. The second kappa shape index (κ2) is 6.04. The van der Waals surface area contributed by atoms with Crippen molar-refractivity contribution >= 4 is 17.2 Å². The third-order valence-corrected chi connectivity index (χ3v) is 2.78. The molecule has 0 saturated carbocycles. The van der Waals surface area contributed by atoms with Gasteiger partial charge in [-0.15, -0.1) is 0 Å². The minimum absolute atomic E-state index is 0.170. The molecule has 9 heteroatoms. The van der Waals surface area contributed by atoms with E-state index >= 15 is 0 Å². The monoisotopic (exact) mass is 290 g/mol. The fourth-order valence-corrected chi connectivity index (χ4v) is 1.87. The van der Waals surface area contributed by atoms with Gasteiger partial charge in [-0.25, -0.2) is 9.10 Å². The first kappa shape index (κ1) is 15.5. The van der Waals surface area contributed by atoms with Crippen LogP contribution < -0.4 is 0 Å². The predicted octanol–water partition coefficient (Wildman–Crippen LogP) is 0.767. The normalized spacial score (nSPS) is 25.9. The molecule has 0 saturated heterocycles. The summed E-state index contributed by atoms with van der Waals surface area (Å²) in [4.78, 5) is 21.7. The molecule has 106 valence electrons. The molecule has 1 aliphatic carbocycles. The first-order valence-corrected chi connectivity index (χ1v) is 5.95. The average Bonchev–Trinajstić information content (AvgIpc) is 2.25. The summed E-state index contributed by atoms with van der Waals surface area (Å²) in [5.74, 6) is -2.20. The molecule has 0 aromatic heterocycles. The number of allylic oxidation sites excluding steroid dienone is 1. The summed E-state index contributed by atoms with van der Waals surface area (Å²) in [6.07, 6.45) is 3.43. The molecule has 0 spiro atoms. The van der Waals surface area contributed by atoms with E-state index in [-0.39, 0.29) is 5.76 Å². The molecule has 19 heavy (non-hydrogen) atoms.